The number of halogens is 1. The highest BCUT2D eigenvalue weighted by Crippen LogP contribution is 2.14. The summed E-state index contributed by atoms with van der Waals surface area (Å²) in [6, 6.07) is 0.799. The summed E-state index contributed by atoms with van der Waals surface area (Å²) in [5.74, 6) is 0. The van der Waals surface area contributed by atoms with Gasteiger partial charge in [0.2, 0.25) is 0 Å². The molecule has 1 aliphatic heterocycles. The number of unbranched alkanes of at least 4 members (excludes halogenated alkanes) is 2. The molecule has 0 aromatic heterocycles. The third-order valence-corrected chi connectivity index (χ3v) is 3.93. The summed E-state index contributed by atoms with van der Waals surface area (Å²) in [6.07, 6.45) is 6.78. The minimum Gasteiger partial charge on any atom is -0.305 e. The van der Waals surface area contributed by atoms with Gasteiger partial charge in [0.15, 0.2) is 0 Å². The summed E-state index contributed by atoms with van der Waals surface area (Å²) >= 11 is 3.48. The number of rotatable bonds is 6. The van der Waals surface area contributed by atoms with Gasteiger partial charge in [-0.2, -0.15) is 0 Å². The summed E-state index contributed by atoms with van der Waals surface area (Å²) in [4.78, 5) is 5.02. The Hall–Kier alpha value is 0.400. The molecule has 0 radical (unpaired) electrons. The lowest BCUT2D eigenvalue weighted by atomic mass is 10.0. The van der Waals surface area contributed by atoms with Crippen LogP contribution in [0.25, 0.3) is 0 Å². The molecule has 0 amide bonds. The predicted octanol–water partition coefficient (Wildman–Crippen LogP) is 2.58. The van der Waals surface area contributed by atoms with E-state index in [1.54, 1.807) is 0 Å². The van der Waals surface area contributed by atoms with Crippen LogP contribution in [0.5, 0.6) is 0 Å². The lowest BCUT2D eigenvalue weighted by Crippen LogP contribution is -2.45. The number of hydrogen-bond acceptors (Lipinski definition) is 2. The number of hydrogen-bond donors (Lipinski definition) is 0. The topological polar surface area (TPSA) is 6.48 Å². The second kappa shape index (κ2) is 7.64. The molecule has 1 fully saturated rings. The molecule has 1 atom stereocenters. The summed E-state index contributed by atoms with van der Waals surface area (Å²) in [7, 11) is 4.53. The molecule has 1 rings (SSSR count). The van der Waals surface area contributed by atoms with Gasteiger partial charge in [-0.3, -0.25) is 0 Å². The number of nitrogens with zero attached hydrogens (tertiary/aromatic N) is 2. The zero-order valence-corrected chi connectivity index (χ0v) is 11.8. The van der Waals surface area contributed by atoms with Crippen molar-refractivity contribution in [1.82, 2.24) is 9.80 Å². The molecule has 0 saturated carbocycles. The maximum Gasteiger partial charge on any atom is 0.0220 e. The lowest BCUT2D eigenvalue weighted by Gasteiger charge is -2.35. The minimum atomic E-state index is 0.799. The van der Waals surface area contributed by atoms with E-state index in [1.807, 2.05) is 0 Å². The van der Waals surface area contributed by atoms with Crippen LogP contribution in [0.3, 0.4) is 0 Å². The van der Waals surface area contributed by atoms with Crippen molar-refractivity contribution in [1.29, 1.82) is 0 Å². The van der Waals surface area contributed by atoms with Crippen LogP contribution in [-0.2, 0) is 0 Å². The maximum absolute atomic E-state index is 3.48. The van der Waals surface area contributed by atoms with Crippen LogP contribution < -0.4 is 0 Å². The number of likely N-dealkylation sites (N-methyl/N-ethyl adjacent to an activating group) is 2. The van der Waals surface area contributed by atoms with Crippen molar-refractivity contribution in [3.05, 3.63) is 0 Å². The second-order valence-electron chi connectivity index (χ2n) is 4.79. The molecule has 2 nitrogen and oxygen atoms in total. The Labute approximate surface area is 103 Å². The van der Waals surface area contributed by atoms with Gasteiger partial charge in [-0.15, -0.1) is 0 Å². The fraction of sp³-hybridized carbons (Fsp3) is 1.00. The van der Waals surface area contributed by atoms with Gasteiger partial charge in [0.05, 0.1) is 0 Å². The van der Waals surface area contributed by atoms with E-state index in [0.29, 0.717) is 0 Å². The summed E-state index contributed by atoms with van der Waals surface area (Å²) in [6.45, 7) is 3.81. The average Bonchev–Trinajstić information content (AvgIpc) is 2.24. The molecular formula is C12H25BrN2. The van der Waals surface area contributed by atoms with Gasteiger partial charge in [0.1, 0.15) is 0 Å². The van der Waals surface area contributed by atoms with Crippen molar-refractivity contribution >= 4 is 15.9 Å². The molecule has 1 aliphatic rings. The normalized spacial score (nSPS) is 23.6. The van der Waals surface area contributed by atoms with E-state index in [9.17, 15) is 0 Å². The Morgan fingerprint density at radius 3 is 2.80 bits per heavy atom. The monoisotopic (exact) mass is 276 g/mol. The third-order valence-electron chi connectivity index (χ3n) is 3.37. The van der Waals surface area contributed by atoms with E-state index in [-0.39, 0.29) is 0 Å². The van der Waals surface area contributed by atoms with Crippen molar-refractivity contribution in [3.63, 3.8) is 0 Å². The number of piperidine rings is 1. The molecule has 1 heterocycles. The first-order chi connectivity index (χ1) is 7.24. The molecule has 0 aromatic rings. The van der Waals surface area contributed by atoms with Crippen LogP contribution in [0.1, 0.15) is 32.1 Å². The fourth-order valence-corrected chi connectivity index (χ4v) is 2.71. The Bertz CT molecular complexity index is 164. The fourth-order valence-electron chi connectivity index (χ4n) is 2.31. The summed E-state index contributed by atoms with van der Waals surface area (Å²) in [5, 5.41) is 1.16. The van der Waals surface area contributed by atoms with Crippen molar-refractivity contribution in [2.24, 2.45) is 0 Å². The third kappa shape index (κ3) is 5.32. The molecule has 0 spiro atoms. The van der Waals surface area contributed by atoms with E-state index in [1.165, 1.54) is 51.7 Å². The van der Waals surface area contributed by atoms with Crippen LogP contribution in [0.4, 0.5) is 0 Å². The largest absolute Gasteiger partial charge is 0.305 e. The highest BCUT2D eigenvalue weighted by Gasteiger charge is 2.20. The molecule has 3 heteroatoms. The first-order valence-corrected chi connectivity index (χ1v) is 7.31. The predicted molar refractivity (Wildman–Crippen MR) is 70.8 cm³/mol. The van der Waals surface area contributed by atoms with E-state index in [0.717, 1.165) is 11.4 Å². The summed E-state index contributed by atoms with van der Waals surface area (Å²) < 4.78 is 0. The van der Waals surface area contributed by atoms with Crippen LogP contribution in [-0.4, -0.2) is 54.9 Å². The van der Waals surface area contributed by atoms with Crippen molar-refractivity contribution in [2.45, 2.75) is 38.1 Å². The van der Waals surface area contributed by atoms with E-state index >= 15 is 0 Å². The van der Waals surface area contributed by atoms with Gasteiger partial charge >= 0.3 is 0 Å². The molecule has 0 bridgehead atoms. The highest BCUT2D eigenvalue weighted by atomic mass is 79.9. The average molecular weight is 277 g/mol. The standard InChI is InChI=1S/C12H25BrN2/c1-14-9-6-7-12(11-14)15(2)10-5-3-4-8-13/h12H,3-11H2,1-2H3. The Balaban J connectivity index is 2.12. The van der Waals surface area contributed by atoms with Gasteiger partial charge < -0.3 is 9.80 Å². The molecule has 0 N–H and O–H groups in total. The Morgan fingerprint density at radius 1 is 1.33 bits per heavy atom. The van der Waals surface area contributed by atoms with E-state index < -0.39 is 0 Å². The lowest BCUT2D eigenvalue weighted by molar-refractivity contribution is 0.133. The molecule has 15 heavy (non-hydrogen) atoms. The molecule has 0 aliphatic carbocycles. The zero-order chi connectivity index (χ0) is 11.1. The zero-order valence-electron chi connectivity index (χ0n) is 10.2. The van der Waals surface area contributed by atoms with Crippen LogP contribution >= 0.6 is 15.9 Å². The van der Waals surface area contributed by atoms with Gasteiger partial charge in [0.25, 0.3) is 0 Å². The minimum absolute atomic E-state index is 0.799. The van der Waals surface area contributed by atoms with Crippen molar-refractivity contribution in [3.8, 4) is 0 Å². The molecule has 1 unspecified atom stereocenters. The van der Waals surface area contributed by atoms with Gasteiger partial charge in [-0.05, 0) is 52.9 Å². The first-order valence-electron chi connectivity index (χ1n) is 6.19. The quantitative estimate of drug-likeness (QED) is 0.544. The van der Waals surface area contributed by atoms with Crippen molar-refractivity contribution in [2.75, 3.05) is 39.1 Å². The Morgan fingerprint density at radius 2 is 2.13 bits per heavy atom. The molecule has 0 aromatic carbocycles. The van der Waals surface area contributed by atoms with Gasteiger partial charge in [-0.25, -0.2) is 0 Å². The SMILES string of the molecule is CN1CCCC(N(C)CCCCCBr)C1. The Kier molecular flexibility index (Phi) is 6.86. The molecule has 1 saturated heterocycles. The van der Waals surface area contributed by atoms with Crippen molar-refractivity contribution < 1.29 is 0 Å². The van der Waals surface area contributed by atoms with E-state index in [4.69, 9.17) is 0 Å². The number of likely N-dealkylation sites (tertiary alicyclic amines) is 1. The van der Waals surface area contributed by atoms with E-state index in [2.05, 4.69) is 39.8 Å². The number of alkyl halides is 1. The summed E-state index contributed by atoms with van der Waals surface area (Å²) in [5.41, 5.74) is 0. The van der Waals surface area contributed by atoms with Crippen LogP contribution in [0.15, 0.2) is 0 Å². The second-order valence-corrected chi connectivity index (χ2v) is 5.58. The smallest absolute Gasteiger partial charge is 0.0220 e. The molecular weight excluding hydrogens is 252 g/mol. The van der Waals surface area contributed by atoms with Gasteiger partial charge in [0, 0.05) is 17.9 Å². The van der Waals surface area contributed by atoms with Crippen LogP contribution in [0, 0.1) is 0 Å². The van der Waals surface area contributed by atoms with Crippen LogP contribution in [0.2, 0.25) is 0 Å². The van der Waals surface area contributed by atoms with Gasteiger partial charge in [-0.1, -0.05) is 22.4 Å². The molecule has 90 valence electrons. The maximum atomic E-state index is 3.48. The first kappa shape index (κ1) is 13.5. The highest BCUT2D eigenvalue weighted by molar-refractivity contribution is 9.09.